The van der Waals surface area contributed by atoms with Gasteiger partial charge in [-0.1, -0.05) is 19.0 Å². The summed E-state index contributed by atoms with van der Waals surface area (Å²) in [6.45, 7) is 8.06. The molecule has 0 amide bonds. The molecule has 30 heavy (non-hydrogen) atoms. The van der Waals surface area contributed by atoms with E-state index in [0.29, 0.717) is 13.1 Å². The Balaban J connectivity index is 1.65. The van der Waals surface area contributed by atoms with Gasteiger partial charge in [0.25, 0.3) is 0 Å². The number of aromatic nitrogens is 3. The van der Waals surface area contributed by atoms with Gasteiger partial charge >= 0.3 is 0 Å². The first-order valence-electron chi connectivity index (χ1n) is 10.4. The van der Waals surface area contributed by atoms with E-state index in [1.165, 1.54) is 0 Å². The van der Waals surface area contributed by atoms with Crippen molar-refractivity contribution in [1.29, 1.82) is 0 Å². The average Bonchev–Trinajstić information content (AvgIpc) is 3.42. The molecule has 0 aliphatic rings. The van der Waals surface area contributed by atoms with Crippen molar-refractivity contribution in [2.45, 2.75) is 46.7 Å². The summed E-state index contributed by atoms with van der Waals surface area (Å²) in [5.41, 5.74) is 3.96. The number of hydrogen-bond acceptors (Lipinski definition) is 5. The van der Waals surface area contributed by atoms with Gasteiger partial charge in [-0.05, 0) is 43.7 Å². The maximum absolute atomic E-state index is 5.44. The molecule has 2 heterocycles. The Bertz CT molecular complexity index is 937. The van der Waals surface area contributed by atoms with Crippen LogP contribution in [0.3, 0.4) is 0 Å². The Labute approximate surface area is 177 Å². The highest BCUT2D eigenvalue weighted by Crippen LogP contribution is 2.17. The van der Waals surface area contributed by atoms with Crippen LogP contribution in [0, 0.1) is 0 Å². The molecule has 3 rings (SSSR count). The molecule has 2 N–H and O–H groups in total. The molecule has 160 valence electrons. The molecule has 3 aromatic rings. The van der Waals surface area contributed by atoms with Crippen LogP contribution in [0.25, 0.3) is 5.69 Å². The lowest BCUT2D eigenvalue weighted by atomic mass is 10.1. The number of ether oxygens (including phenoxy) is 1. The first kappa shape index (κ1) is 21.4. The SMILES string of the molecule is CCNC(=NCc1c(CC)noc1CC)NCc1ccn(-c2ccc(OC)cc2)n1. The fourth-order valence-corrected chi connectivity index (χ4v) is 3.13. The van der Waals surface area contributed by atoms with E-state index < -0.39 is 0 Å². The quantitative estimate of drug-likeness (QED) is 0.416. The molecule has 0 saturated heterocycles. The number of hydrogen-bond donors (Lipinski definition) is 2. The summed E-state index contributed by atoms with van der Waals surface area (Å²) in [5.74, 6) is 2.47. The van der Waals surface area contributed by atoms with Crippen LogP contribution in [0.4, 0.5) is 0 Å². The van der Waals surface area contributed by atoms with Crippen LogP contribution in [-0.2, 0) is 25.9 Å². The topological polar surface area (TPSA) is 89.5 Å². The van der Waals surface area contributed by atoms with Gasteiger partial charge in [-0.15, -0.1) is 0 Å². The molecule has 0 fully saturated rings. The minimum atomic E-state index is 0.533. The van der Waals surface area contributed by atoms with Crippen molar-refractivity contribution in [3.05, 3.63) is 59.2 Å². The molecule has 0 spiro atoms. The molecular formula is C22H30N6O2. The van der Waals surface area contributed by atoms with Crippen LogP contribution in [0.1, 0.15) is 43.5 Å². The van der Waals surface area contributed by atoms with Crippen LogP contribution in [0.2, 0.25) is 0 Å². The van der Waals surface area contributed by atoms with E-state index in [9.17, 15) is 0 Å². The third-order valence-electron chi connectivity index (χ3n) is 4.76. The number of aliphatic imine (C=N–C) groups is 1. The van der Waals surface area contributed by atoms with E-state index >= 15 is 0 Å². The zero-order chi connectivity index (χ0) is 21.3. The highest BCUT2D eigenvalue weighted by Gasteiger charge is 2.13. The van der Waals surface area contributed by atoms with Gasteiger partial charge in [0.1, 0.15) is 11.5 Å². The Morgan fingerprint density at radius 3 is 2.57 bits per heavy atom. The third-order valence-corrected chi connectivity index (χ3v) is 4.76. The summed E-state index contributed by atoms with van der Waals surface area (Å²) in [7, 11) is 1.66. The standard InChI is InChI=1S/C22H30N6O2/c1-5-20-19(21(6-2)30-27-20)15-25-22(23-7-3)24-14-16-12-13-28(26-16)17-8-10-18(29-4)11-9-17/h8-13H,5-7,14-15H2,1-4H3,(H2,23,24,25). The van der Waals surface area contributed by atoms with Crippen LogP contribution >= 0.6 is 0 Å². The second-order valence-corrected chi connectivity index (χ2v) is 6.74. The van der Waals surface area contributed by atoms with Crippen molar-refractivity contribution >= 4 is 5.96 Å². The van der Waals surface area contributed by atoms with Crippen molar-refractivity contribution < 1.29 is 9.26 Å². The van der Waals surface area contributed by atoms with Gasteiger partial charge in [0, 0.05) is 24.7 Å². The largest absolute Gasteiger partial charge is 0.497 e. The van der Waals surface area contributed by atoms with Gasteiger partial charge in [-0.25, -0.2) is 9.67 Å². The van der Waals surface area contributed by atoms with Gasteiger partial charge in [0.05, 0.1) is 37.3 Å². The van der Waals surface area contributed by atoms with Crippen LogP contribution in [0.5, 0.6) is 5.75 Å². The van der Waals surface area contributed by atoms with E-state index in [1.807, 2.05) is 48.1 Å². The summed E-state index contributed by atoms with van der Waals surface area (Å²) >= 11 is 0. The summed E-state index contributed by atoms with van der Waals surface area (Å²) in [4.78, 5) is 4.72. The maximum atomic E-state index is 5.44. The lowest BCUT2D eigenvalue weighted by Gasteiger charge is -2.10. The summed E-state index contributed by atoms with van der Waals surface area (Å²) < 4.78 is 12.5. The van der Waals surface area contributed by atoms with Crippen LogP contribution in [0.15, 0.2) is 46.0 Å². The van der Waals surface area contributed by atoms with E-state index in [0.717, 1.165) is 59.5 Å². The number of guanidine groups is 1. The Kier molecular flexibility index (Phi) is 7.48. The van der Waals surface area contributed by atoms with Gasteiger partial charge < -0.3 is 19.9 Å². The maximum Gasteiger partial charge on any atom is 0.191 e. The van der Waals surface area contributed by atoms with E-state index in [1.54, 1.807) is 7.11 Å². The highest BCUT2D eigenvalue weighted by atomic mass is 16.5. The number of rotatable bonds is 9. The fraction of sp³-hybridized carbons (Fsp3) is 0.409. The predicted molar refractivity (Wildman–Crippen MR) is 117 cm³/mol. The minimum Gasteiger partial charge on any atom is -0.497 e. The van der Waals surface area contributed by atoms with Crippen molar-refractivity contribution in [3.8, 4) is 11.4 Å². The molecule has 0 aliphatic carbocycles. The second-order valence-electron chi connectivity index (χ2n) is 6.74. The summed E-state index contributed by atoms with van der Waals surface area (Å²) in [6.07, 6.45) is 3.59. The summed E-state index contributed by atoms with van der Waals surface area (Å²) in [6, 6.07) is 9.79. The van der Waals surface area contributed by atoms with Crippen LogP contribution in [-0.4, -0.2) is 34.6 Å². The molecule has 0 radical (unpaired) electrons. The number of aryl methyl sites for hydroxylation is 2. The minimum absolute atomic E-state index is 0.533. The number of benzene rings is 1. The highest BCUT2D eigenvalue weighted by molar-refractivity contribution is 5.79. The zero-order valence-electron chi connectivity index (χ0n) is 18.1. The van der Waals surface area contributed by atoms with Gasteiger partial charge in [-0.3, -0.25) is 0 Å². The third kappa shape index (κ3) is 5.20. The van der Waals surface area contributed by atoms with Crippen molar-refractivity contribution in [3.63, 3.8) is 0 Å². The molecule has 0 saturated carbocycles. The molecule has 0 atom stereocenters. The normalized spacial score (nSPS) is 11.5. The number of nitrogens with one attached hydrogen (secondary N) is 2. The molecule has 1 aromatic carbocycles. The average molecular weight is 411 g/mol. The number of methoxy groups -OCH3 is 1. The molecule has 2 aromatic heterocycles. The van der Waals surface area contributed by atoms with Gasteiger partial charge in [-0.2, -0.15) is 5.10 Å². The van der Waals surface area contributed by atoms with Crippen molar-refractivity contribution in [2.75, 3.05) is 13.7 Å². The molecule has 0 aliphatic heterocycles. The molecular weight excluding hydrogens is 380 g/mol. The van der Waals surface area contributed by atoms with E-state index in [4.69, 9.17) is 14.3 Å². The van der Waals surface area contributed by atoms with E-state index in [2.05, 4.69) is 34.7 Å². The Morgan fingerprint density at radius 1 is 1.10 bits per heavy atom. The zero-order valence-corrected chi connectivity index (χ0v) is 18.1. The van der Waals surface area contributed by atoms with Crippen molar-refractivity contribution in [1.82, 2.24) is 25.6 Å². The monoisotopic (exact) mass is 410 g/mol. The first-order chi connectivity index (χ1) is 14.7. The molecule has 8 heteroatoms. The lowest BCUT2D eigenvalue weighted by Crippen LogP contribution is -2.37. The smallest absolute Gasteiger partial charge is 0.191 e. The molecule has 0 unspecified atom stereocenters. The van der Waals surface area contributed by atoms with Crippen molar-refractivity contribution in [2.24, 2.45) is 4.99 Å². The fourth-order valence-electron chi connectivity index (χ4n) is 3.13. The van der Waals surface area contributed by atoms with Gasteiger partial charge in [0.2, 0.25) is 0 Å². The number of nitrogens with zero attached hydrogens (tertiary/aromatic N) is 4. The molecule has 8 nitrogen and oxygen atoms in total. The first-order valence-corrected chi connectivity index (χ1v) is 10.4. The lowest BCUT2D eigenvalue weighted by molar-refractivity contribution is 0.380. The molecule has 0 bridgehead atoms. The Morgan fingerprint density at radius 2 is 1.90 bits per heavy atom. The Hall–Kier alpha value is -3.29. The van der Waals surface area contributed by atoms with Crippen LogP contribution < -0.4 is 15.4 Å². The van der Waals surface area contributed by atoms with E-state index in [-0.39, 0.29) is 0 Å². The second kappa shape index (κ2) is 10.5. The summed E-state index contributed by atoms with van der Waals surface area (Å²) in [5, 5.41) is 15.4. The van der Waals surface area contributed by atoms with Gasteiger partial charge in [0.15, 0.2) is 5.96 Å². The predicted octanol–water partition coefficient (Wildman–Crippen LogP) is 3.25.